The highest BCUT2D eigenvalue weighted by Crippen LogP contribution is 2.33. The van der Waals surface area contributed by atoms with Crippen molar-refractivity contribution in [3.63, 3.8) is 0 Å². The fraction of sp³-hybridized carbons (Fsp3) is 0.250. The van der Waals surface area contributed by atoms with Gasteiger partial charge in [0.15, 0.2) is 5.76 Å². The molecule has 0 saturated carbocycles. The average Bonchev–Trinajstić information content (AvgIpc) is 3.34. The molecule has 1 aromatic heterocycles. The van der Waals surface area contributed by atoms with Gasteiger partial charge in [-0.25, -0.2) is 4.79 Å². The fourth-order valence-corrected chi connectivity index (χ4v) is 3.59. The standard InChI is InChI=1S/C24H21F3N2O5/c1-32-23(31)18-14-17(29-9-11-33-12-10-29)5-6-19(18)28-22(30)21-8-7-20(34-21)15-3-2-4-16(13-15)24(25,26)27/h2-8,13-14H,9-12H2,1H3,(H,28,30). The van der Waals surface area contributed by atoms with E-state index in [0.29, 0.717) is 26.3 Å². The summed E-state index contributed by atoms with van der Waals surface area (Å²) in [4.78, 5) is 27.2. The molecule has 1 amide bonds. The molecule has 178 valence electrons. The van der Waals surface area contributed by atoms with Gasteiger partial charge in [-0.05, 0) is 42.5 Å². The first-order valence-corrected chi connectivity index (χ1v) is 10.4. The number of nitrogens with zero attached hydrogens (tertiary/aromatic N) is 1. The SMILES string of the molecule is COC(=O)c1cc(N2CCOCC2)ccc1NC(=O)c1ccc(-c2cccc(C(F)(F)F)c2)o1. The molecular formula is C24H21F3N2O5. The van der Waals surface area contributed by atoms with E-state index in [-0.39, 0.29) is 28.3 Å². The number of halogens is 3. The van der Waals surface area contributed by atoms with Gasteiger partial charge in [-0.1, -0.05) is 12.1 Å². The molecule has 1 fully saturated rings. The van der Waals surface area contributed by atoms with Gasteiger partial charge in [0, 0.05) is 24.3 Å². The van der Waals surface area contributed by atoms with Gasteiger partial charge in [0.05, 0.1) is 37.1 Å². The van der Waals surface area contributed by atoms with E-state index in [2.05, 4.69) is 10.2 Å². The highest BCUT2D eigenvalue weighted by Gasteiger charge is 2.30. The lowest BCUT2D eigenvalue weighted by atomic mass is 10.1. The number of carbonyl (C=O) groups excluding carboxylic acids is 2. The molecule has 1 aliphatic rings. The van der Waals surface area contributed by atoms with Crippen molar-refractivity contribution in [2.75, 3.05) is 43.6 Å². The number of anilines is 2. The maximum absolute atomic E-state index is 13.0. The molecule has 0 spiro atoms. The van der Waals surface area contributed by atoms with Crippen LogP contribution in [0.1, 0.15) is 26.5 Å². The molecule has 2 heterocycles. The normalized spacial score (nSPS) is 14.1. The molecule has 34 heavy (non-hydrogen) atoms. The number of amides is 1. The first kappa shape index (κ1) is 23.4. The number of esters is 1. The second-order valence-electron chi connectivity index (χ2n) is 7.52. The van der Waals surface area contributed by atoms with Gasteiger partial charge < -0.3 is 24.1 Å². The molecule has 0 unspecified atom stereocenters. The van der Waals surface area contributed by atoms with Gasteiger partial charge in [0.25, 0.3) is 5.91 Å². The van der Waals surface area contributed by atoms with E-state index in [0.717, 1.165) is 17.8 Å². The predicted octanol–water partition coefficient (Wildman–Crippen LogP) is 4.84. The number of hydrogen-bond donors (Lipinski definition) is 1. The van der Waals surface area contributed by atoms with Crippen LogP contribution < -0.4 is 10.2 Å². The minimum atomic E-state index is -4.50. The van der Waals surface area contributed by atoms with Crippen LogP contribution in [0.3, 0.4) is 0 Å². The molecule has 0 bridgehead atoms. The first-order chi connectivity index (χ1) is 16.3. The largest absolute Gasteiger partial charge is 0.465 e. The van der Waals surface area contributed by atoms with Crippen molar-refractivity contribution >= 4 is 23.3 Å². The predicted molar refractivity (Wildman–Crippen MR) is 118 cm³/mol. The van der Waals surface area contributed by atoms with E-state index in [1.54, 1.807) is 18.2 Å². The fourth-order valence-electron chi connectivity index (χ4n) is 3.59. The Hall–Kier alpha value is -3.79. The Kier molecular flexibility index (Phi) is 6.60. The summed E-state index contributed by atoms with van der Waals surface area (Å²) in [5.74, 6) is -1.32. The van der Waals surface area contributed by atoms with Gasteiger partial charge in [0.2, 0.25) is 0 Å². The van der Waals surface area contributed by atoms with E-state index in [4.69, 9.17) is 13.9 Å². The van der Waals surface area contributed by atoms with Gasteiger partial charge in [0.1, 0.15) is 5.76 Å². The number of hydrogen-bond acceptors (Lipinski definition) is 6. The number of carbonyl (C=O) groups is 2. The number of morpholine rings is 1. The Morgan fingerprint density at radius 1 is 1.03 bits per heavy atom. The van der Waals surface area contributed by atoms with Crippen LogP contribution in [0.25, 0.3) is 11.3 Å². The Balaban J connectivity index is 1.56. The van der Waals surface area contributed by atoms with Crippen LogP contribution in [-0.4, -0.2) is 45.3 Å². The number of ether oxygens (including phenoxy) is 2. The Bertz CT molecular complexity index is 1200. The molecule has 10 heteroatoms. The summed E-state index contributed by atoms with van der Waals surface area (Å²) in [6, 6.07) is 12.4. The van der Waals surface area contributed by atoms with Crippen molar-refractivity contribution in [3.05, 3.63) is 71.5 Å². The van der Waals surface area contributed by atoms with Gasteiger partial charge in [-0.15, -0.1) is 0 Å². The number of alkyl halides is 3. The lowest BCUT2D eigenvalue weighted by molar-refractivity contribution is -0.137. The lowest BCUT2D eigenvalue weighted by Crippen LogP contribution is -2.36. The quantitative estimate of drug-likeness (QED) is 0.533. The van der Waals surface area contributed by atoms with Crippen molar-refractivity contribution in [1.82, 2.24) is 0 Å². The monoisotopic (exact) mass is 474 g/mol. The van der Waals surface area contributed by atoms with Gasteiger partial charge >= 0.3 is 12.1 Å². The Labute approximate surface area is 193 Å². The molecule has 0 aliphatic carbocycles. The Morgan fingerprint density at radius 3 is 2.50 bits per heavy atom. The van der Waals surface area contributed by atoms with Crippen molar-refractivity contribution in [1.29, 1.82) is 0 Å². The summed E-state index contributed by atoms with van der Waals surface area (Å²) < 4.78 is 54.7. The van der Waals surface area contributed by atoms with Gasteiger partial charge in [-0.2, -0.15) is 13.2 Å². The van der Waals surface area contributed by atoms with Crippen LogP contribution in [0.5, 0.6) is 0 Å². The number of methoxy groups -OCH3 is 1. The molecular weight excluding hydrogens is 453 g/mol. The molecule has 1 saturated heterocycles. The lowest BCUT2D eigenvalue weighted by Gasteiger charge is -2.29. The van der Waals surface area contributed by atoms with Crippen LogP contribution in [0.15, 0.2) is 59.0 Å². The molecule has 0 radical (unpaired) electrons. The second-order valence-corrected chi connectivity index (χ2v) is 7.52. The highest BCUT2D eigenvalue weighted by atomic mass is 19.4. The van der Waals surface area contributed by atoms with Crippen LogP contribution in [-0.2, 0) is 15.7 Å². The zero-order valence-electron chi connectivity index (χ0n) is 18.1. The van der Waals surface area contributed by atoms with E-state index in [1.165, 1.54) is 31.4 Å². The first-order valence-electron chi connectivity index (χ1n) is 10.4. The Morgan fingerprint density at radius 2 is 1.79 bits per heavy atom. The maximum Gasteiger partial charge on any atom is 0.416 e. The highest BCUT2D eigenvalue weighted by molar-refractivity contribution is 6.07. The van der Waals surface area contributed by atoms with Crippen molar-refractivity contribution < 1.29 is 36.7 Å². The van der Waals surface area contributed by atoms with E-state index < -0.39 is 23.6 Å². The summed E-state index contributed by atoms with van der Waals surface area (Å²) in [6.45, 7) is 2.46. The molecule has 2 aromatic carbocycles. The van der Waals surface area contributed by atoms with E-state index in [9.17, 15) is 22.8 Å². The van der Waals surface area contributed by atoms with Crippen LogP contribution in [0.2, 0.25) is 0 Å². The molecule has 1 N–H and O–H groups in total. The smallest absolute Gasteiger partial charge is 0.416 e. The summed E-state index contributed by atoms with van der Waals surface area (Å²) >= 11 is 0. The summed E-state index contributed by atoms with van der Waals surface area (Å²) in [7, 11) is 1.24. The van der Waals surface area contributed by atoms with Gasteiger partial charge in [-0.3, -0.25) is 4.79 Å². The summed E-state index contributed by atoms with van der Waals surface area (Å²) in [5, 5.41) is 2.62. The molecule has 1 aliphatic heterocycles. The van der Waals surface area contributed by atoms with Crippen molar-refractivity contribution in [3.8, 4) is 11.3 Å². The number of furan rings is 1. The van der Waals surface area contributed by atoms with E-state index >= 15 is 0 Å². The van der Waals surface area contributed by atoms with E-state index in [1.807, 2.05) is 0 Å². The minimum absolute atomic E-state index is 0.104. The summed E-state index contributed by atoms with van der Waals surface area (Å²) in [6.07, 6.45) is -4.50. The topological polar surface area (TPSA) is 81.0 Å². The molecule has 7 nitrogen and oxygen atoms in total. The van der Waals surface area contributed by atoms with Crippen molar-refractivity contribution in [2.24, 2.45) is 0 Å². The van der Waals surface area contributed by atoms with Crippen LogP contribution in [0, 0.1) is 0 Å². The van der Waals surface area contributed by atoms with Crippen molar-refractivity contribution in [2.45, 2.75) is 6.18 Å². The zero-order valence-corrected chi connectivity index (χ0v) is 18.1. The third-order valence-electron chi connectivity index (χ3n) is 5.34. The molecule has 0 atom stereocenters. The average molecular weight is 474 g/mol. The zero-order chi connectivity index (χ0) is 24.3. The number of nitrogens with one attached hydrogen (secondary N) is 1. The second kappa shape index (κ2) is 9.60. The maximum atomic E-state index is 13.0. The van der Waals surface area contributed by atoms with Crippen LogP contribution in [0.4, 0.5) is 24.5 Å². The third kappa shape index (κ3) is 5.07. The molecule has 3 aromatic rings. The minimum Gasteiger partial charge on any atom is -0.465 e. The van der Waals surface area contributed by atoms with Crippen LogP contribution >= 0.6 is 0 Å². The molecule has 4 rings (SSSR count). The summed E-state index contributed by atoms with van der Waals surface area (Å²) in [5.41, 5.74) is 0.511. The number of benzene rings is 2. The number of rotatable bonds is 5. The third-order valence-corrected chi connectivity index (χ3v) is 5.34.